The molecule has 0 aromatic carbocycles. The first-order valence-electron chi connectivity index (χ1n) is 9.96. The molecule has 0 radical (unpaired) electrons. The number of hydrogen-bond donors (Lipinski definition) is 3. The van der Waals surface area contributed by atoms with Gasteiger partial charge in [0, 0.05) is 17.8 Å². The molecule has 9 atom stereocenters. The summed E-state index contributed by atoms with van der Waals surface area (Å²) < 4.78 is 11.5. The van der Waals surface area contributed by atoms with Crippen LogP contribution in [-0.4, -0.2) is 57.8 Å². The monoisotopic (exact) mass is 380 g/mol. The van der Waals surface area contributed by atoms with Crippen LogP contribution in [0.4, 0.5) is 0 Å². The third-order valence-corrected chi connectivity index (χ3v) is 8.95. The average Bonchev–Trinajstić information content (AvgIpc) is 3.02. The van der Waals surface area contributed by atoms with Crippen LogP contribution in [0.1, 0.15) is 46.5 Å². The van der Waals surface area contributed by atoms with E-state index >= 15 is 0 Å². The standard InChI is InChI=1S/C20H28O7/c1-17(2)11(21)6-12-20(8-26-14(22)13(17)20)10-5-4-9-7-19(10,16(24)27-12)15(23)18(9,3)25/h9-14,21-22,25H,4-8H2,1-3H3/t9-,10-,11+,12+,13-,14-,18+,19+,20-/m1/s1. The minimum absolute atomic E-state index is 0.194. The maximum atomic E-state index is 13.3. The van der Waals surface area contributed by atoms with Gasteiger partial charge < -0.3 is 24.8 Å². The fraction of sp³-hybridized carbons (Fsp3) is 0.900. The van der Waals surface area contributed by atoms with Gasteiger partial charge in [0.25, 0.3) is 0 Å². The maximum Gasteiger partial charge on any atom is 0.320 e. The van der Waals surface area contributed by atoms with Crippen molar-refractivity contribution in [2.75, 3.05) is 6.61 Å². The van der Waals surface area contributed by atoms with Gasteiger partial charge in [-0.2, -0.15) is 0 Å². The smallest absolute Gasteiger partial charge is 0.320 e. The Kier molecular flexibility index (Phi) is 3.29. The Morgan fingerprint density at radius 2 is 1.81 bits per heavy atom. The van der Waals surface area contributed by atoms with Crippen molar-refractivity contribution in [2.45, 2.75) is 70.6 Å². The van der Waals surface area contributed by atoms with E-state index in [0.717, 1.165) is 0 Å². The lowest BCUT2D eigenvalue weighted by atomic mass is 9.43. The number of ether oxygens (including phenoxy) is 2. The van der Waals surface area contributed by atoms with Gasteiger partial charge in [-0.25, -0.2) is 0 Å². The second kappa shape index (κ2) is 4.93. The van der Waals surface area contributed by atoms with Crippen molar-refractivity contribution in [2.24, 2.45) is 34.0 Å². The number of carbonyl (C=O) groups is 2. The molecule has 5 aliphatic rings. The highest BCUT2D eigenvalue weighted by Gasteiger charge is 2.80. The fourth-order valence-corrected chi connectivity index (χ4v) is 7.56. The average molecular weight is 380 g/mol. The lowest BCUT2D eigenvalue weighted by Gasteiger charge is -2.62. The van der Waals surface area contributed by atoms with Gasteiger partial charge in [-0.3, -0.25) is 9.59 Å². The molecular weight excluding hydrogens is 352 g/mol. The van der Waals surface area contributed by atoms with E-state index in [1.807, 2.05) is 13.8 Å². The summed E-state index contributed by atoms with van der Waals surface area (Å²) in [7, 11) is 0. The number of aliphatic hydroxyl groups is 3. The first-order chi connectivity index (χ1) is 12.5. The molecule has 2 bridgehead atoms. The molecule has 2 saturated heterocycles. The zero-order valence-electron chi connectivity index (χ0n) is 16.0. The number of Topliss-reactive ketones (excluding diaryl/α,β-unsaturated/α-hetero) is 1. The maximum absolute atomic E-state index is 13.3. The van der Waals surface area contributed by atoms with E-state index in [0.29, 0.717) is 19.3 Å². The summed E-state index contributed by atoms with van der Waals surface area (Å²) in [6, 6.07) is 0. The Hall–Kier alpha value is -1.02. The minimum Gasteiger partial charge on any atom is -0.461 e. The summed E-state index contributed by atoms with van der Waals surface area (Å²) in [6.45, 7) is 5.51. The first kappa shape index (κ1) is 18.0. The highest BCUT2D eigenvalue weighted by Crippen LogP contribution is 2.71. The van der Waals surface area contributed by atoms with E-state index < -0.39 is 58.0 Å². The van der Waals surface area contributed by atoms with Crippen LogP contribution in [0, 0.1) is 34.0 Å². The number of ketones is 1. The number of carbonyl (C=O) groups excluding carboxylic acids is 2. The van der Waals surface area contributed by atoms with Crippen LogP contribution < -0.4 is 0 Å². The van der Waals surface area contributed by atoms with Crippen molar-refractivity contribution in [1.29, 1.82) is 0 Å². The molecule has 0 amide bonds. The van der Waals surface area contributed by atoms with Gasteiger partial charge in [0.2, 0.25) is 0 Å². The second-order valence-electron chi connectivity index (χ2n) is 10.2. The molecule has 2 heterocycles. The molecule has 27 heavy (non-hydrogen) atoms. The zero-order valence-corrected chi connectivity index (χ0v) is 16.0. The van der Waals surface area contributed by atoms with E-state index in [9.17, 15) is 24.9 Å². The van der Waals surface area contributed by atoms with Crippen molar-refractivity contribution >= 4 is 11.8 Å². The largest absolute Gasteiger partial charge is 0.461 e. The predicted molar refractivity (Wildman–Crippen MR) is 91.1 cm³/mol. The Balaban J connectivity index is 1.71. The summed E-state index contributed by atoms with van der Waals surface area (Å²) >= 11 is 0. The highest BCUT2D eigenvalue weighted by atomic mass is 16.6. The van der Waals surface area contributed by atoms with Gasteiger partial charge in [0.1, 0.15) is 17.1 Å². The van der Waals surface area contributed by atoms with E-state index in [1.54, 1.807) is 0 Å². The minimum atomic E-state index is -1.53. The van der Waals surface area contributed by atoms with Crippen molar-refractivity contribution in [3.05, 3.63) is 0 Å². The van der Waals surface area contributed by atoms with Crippen LogP contribution in [0.2, 0.25) is 0 Å². The summed E-state index contributed by atoms with van der Waals surface area (Å²) in [5.74, 6) is -2.08. The quantitative estimate of drug-likeness (QED) is 0.411. The number of rotatable bonds is 0. The Labute approximate surface area is 158 Å². The van der Waals surface area contributed by atoms with Gasteiger partial charge in [-0.15, -0.1) is 0 Å². The molecule has 0 aromatic rings. The number of aliphatic hydroxyl groups excluding tert-OH is 2. The summed E-state index contributed by atoms with van der Waals surface area (Å²) in [5.41, 5.74) is -4.28. The van der Waals surface area contributed by atoms with Crippen LogP contribution in [-0.2, 0) is 19.1 Å². The number of fused-ring (bicyclic) bond motifs is 1. The van der Waals surface area contributed by atoms with Crippen LogP contribution in [0.25, 0.3) is 0 Å². The van der Waals surface area contributed by atoms with Crippen molar-refractivity contribution in [3.8, 4) is 0 Å². The molecule has 2 aliphatic heterocycles. The second-order valence-corrected chi connectivity index (χ2v) is 10.2. The molecule has 3 aliphatic carbocycles. The van der Waals surface area contributed by atoms with E-state index in [-0.39, 0.29) is 24.9 Å². The molecule has 3 saturated carbocycles. The molecular formula is C20H28O7. The molecule has 150 valence electrons. The Morgan fingerprint density at radius 3 is 2.52 bits per heavy atom. The molecule has 7 heteroatoms. The van der Waals surface area contributed by atoms with Gasteiger partial charge in [0.15, 0.2) is 12.1 Å². The normalized spacial score (nSPS) is 58.3. The summed E-state index contributed by atoms with van der Waals surface area (Å²) in [6.07, 6.45) is -0.608. The zero-order chi connectivity index (χ0) is 19.6. The highest BCUT2D eigenvalue weighted by molar-refractivity contribution is 6.10. The van der Waals surface area contributed by atoms with E-state index in [2.05, 4.69) is 0 Å². The third kappa shape index (κ3) is 1.74. The molecule has 7 nitrogen and oxygen atoms in total. The number of hydrogen-bond acceptors (Lipinski definition) is 7. The van der Waals surface area contributed by atoms with Gasteiger partial charge in [-0.05, 0) is 43.4 Å². The molecule has 5 fully saturated rings. The third-order valence-electron chi connectivity index (χ3n) is 8.95. The Bertz CT molecular complexity index is 730. The molecule has 2 spiro atoms. The first-order valence-corrected chi connectivity index (χ1v) is 9.96. The molecule has 3 N–H and O–H groups in total. The van der Waals surface area contributed by atoms with Crippen LogP contribution in [0.5, 0.6) is 0 Å². The predicted octanol–water partition coefficient (Wildman–Crippen LogP) is 0.390. The SMILES string of the molecule is CC1(C)[C@H]2[C@H](O)OC[C@@]23[C@H](C[C@@H]1O)OC(=O)[C@@]12C[C@@H](CC[C@H]13)[C@](C)(O)C2=O. The summed E-state index contributed by atoms with van der Waals surface area (Å²) in [5, 5.41) is 32.3. The molecule has 5 rings (SSSR count). The topological polar surface area (TPSA) is 113 Å². The fourth-order valence-electron chi connectivity index (χ4n) is 7.56. The summed E-state index contributed by atoms with van der Waals surface area (Å²) in [4.78, 5) is 26.5. The van der Waals surface area contributed by atoms with Crippen molar-refractivity contribution in [1.82, 2.24) is 0 Å². The van der Waals surface area contributed by atoms with E-state index in [4.69, 9.17) is 9.47 Å². The number of esters is 1. The van der Waals surface area contributed by atoms with Crippen molar-refractivity contribution in [3.63, 3.8) is 0 Å². The van der Waals surface area contributed by atoms with Crippen LogP contribution in [0.3, 0.4) is 0 Å². The van der Waals surface area contributed by atoms with Gasteiger partial charge >= 0.3 is 5.97 Å². The molecule has 0 unspecified atom stereocenters. The van der Waals surface area contributed by atoms with E-state index in [1.165, 1.54) is 6.92 Å². The molecule has 0 aromatic heterocycles. The van der Waals surface area contributed by atoms with Gasteiger partial charge in [-0.1, -0.05) is 13.8 Å². The van der Waals surface area contributed by atoms with Crippen LogP contribution >= 0.6 is 0 Å². The lowest BCUT2D eigenvalue weighted by Crippen LogP contribution is -2.70. The Morgan fingerprint density at radius 1 is 1.11 bits per heavy atom. The lowest BCUT2D eigenvalue weighted by molar-refractivity contribution is -0.253. The van der Waals surface area contributed by atoms with Crippen LogP contribution in [0.15, 0.2) is 0 Å². The van der Waals surface area contributed by atoms with Crippen molar-refractivity contribution < 1.29 is 34.4 Å². The van der Waals surface area contributed by atoms with Gasteiger partial charge in [0.05, 0.1) is 12.7 Å².